The van der Waals surface area contributed by atoms with E-state index in [-0.39, 0.29) is 23.7 Å². The number of carbonyl (C=O) groups is 2. The van der Waals surface area contributed by atoms with Crippen molar-refractivity contribution >= 4 is 46.4 Å². The second kappa shape index (κ2) is 6.83. The van der Waals surface area contributed by atoms with Crippen molar-refractivity contribution in [3.63, 3.8) is 0 Å². The smallest absolute Gasteiger partial charge is 0.228 e. The van der Waals surface area contributed by atoms with Gasteiger partial charge in [0.2, 0.25) is 11.8 Å². The summed E-state index contributed by atoms with van der Waals surface area (Å²) in [4.78, 5) is 24.4. The van der Waals surface area contributed by atoms with Crippen LogP contribution in [-0.4, -0.2) is 11.8 Å². The van der Waals surface area contributed by atoms with E-state index in [0.717, 1.165) is 11.3 Å². The second-order valence-corrected chi connectivity index (χ2v) is 6.74. The van der Waals surface area contributed by atoms with Gasteiger partial charge in [0.05, 0.1) is 21.9 Å². The van der Waals surface area contributed by atoms with E-state index in [1.54, 1.807) is 18.2 Å². The number of carbonyl (C=O) groups excluding carboxylic acids is 2. The van der Waals surface area contributed by atoms with Crippen LogP contribution in [0.1, 0.15) is 12.0 Å². The summed E-state index contributed by atoms with van der Waals surface area (Å²) in [5.74, 6) is -0.926. The zero-order valence-electron chi connectivity index (χ0n) is 13.0. The fourth-order valence-electron chi connectivity index (χ4n) is 2.46. The van der Waals surface area contributed by atoms with Gasteiger partial charge in [0.1, 0.15) is 0 Å². The van der Waals surface area contributed by atoms with Gasteiger partial charge in [-0.05, 0) is 43.7 Å². The van der Waals surface area contributed by atoms with Gasteiger partial charge < -0.3 is 10.6 Å². The molecular weight excluding hydrogens is 347 g/mol. The topological polar surface area (TPSA) is 58.2 Å². The van der Waals surface area contributed by atoms with Crippen molar-refractivity contribution in [2.75, 3.05) is 10.6 Å². The molecule has 0 bridgehead atoms. The average Bonchev–Trinajstić information content (AvgIpc) is 3.34. The van der Waals surface area contributed by atoms with E-state index in [2.05, 4.69) is 10.6 Å². The number of benzene rings is 2. The molecule has 0 aromatic heterocycles. The zero-order valence-corrected chi connectivity index (χ0v) is 14.5. The number of rotatable bonds is 4. The largest absolute Gasteiger partial charge is 0.326 e. The van der Waals surface area contributed by atoms with Crippen molar-refractivity contribution in [2.24, 2.45) is 11.8 Å². The molecule has 0 radical (unpaired) electrons. The van der Waals surface area contributed by atoms with Gasteiger partial charge in [-0.3, -0.25) is 9.59 Å². The molecule has 2 N–H and O–H groups in total. The molecule has 2 aromatic carbocycles. The summed E-state index contributed by atoms with van der Waals surface area (Å²) in [6.07, 6.45) is 0.546. The summed E-state index contributed by atoms with van der Waals surface area (Å²) in [7, 11) is 0. The molecule has 4 nitrogen and oxygen atoms in total. The van der Waals surface area contributed by atoms with Gasteiger partial charge in [0, 0.05) is 11.4 Å². The van der Waals surface area contributed by atoms with Crippen LogP contribution >= 0.6 is 23.2 Å². The predicted molar refractivity (Wildman–Crippen MR) is 96.5 cm³/mol. The molecule has 0 heterocycles. The number of aryl methyl sites for hydroxylation is 1. The van der Waals surface area contributed by atoms with Crippen LogP contribution in [0.25, 0.3) is 0 Å². The normalized spacial score (nSPS) is 18.8. The summed E-state index contributed by atoms with van der Waals surface area (Å²) in [5, 5.41) is 6.41. The first-order valence-electron chi connectivity index (χ1n) is 7.57. The summed E-state index contributed by atoms with van der Waals surface area (Å²) >= 11 is 11.8. The molecule has 1 aliphatic rings. The SMILES string of the molecule is Cc1ccc(NC(=O)C2CC2C(=O)Nc2ccc(Cl)c(Cl)c2)cc1. The van der Waals surface area contributed by atoms with Gasteiger partial charge in [-0.1, -0.05) is 40.9 Å². The third kappa shape index (κ3) is 3.89. The summed E-state index contributed by atoms with van der Waals surface area (Å²) < 4.78 is 0. The van der Waals surface area contributed by atoms with Crippen LogP contribution in [0, 0.1) is 18.8 Å². The molecule has 2 unspecified atom stereocenters. The van der Waals surface area contributed by atoms with Crippen molar-refractivity contribution in [3.05, 3.63) is 58.1 Å². The number of hydrogen-bond donors (Lipinski definition) is 2. The maximum absolute atomic E-state index is 12.2. The first kappa shape index (κ1) is 16.8. The third-order valence-electron chi connectivity index (χ3n) is 3.97. The van der Waals surface area contributed by atoms with Crippen molar-refractivity contribution in [1.82, 2.24) is 0 Å². The summed E-state index contributed by atoms with van der Waals surface area (Å²) in [5.41, 5.74) is 2.43. The molecule has 124 valence electrons. The van der Waals surface area contributed by atoms with E-state index < -0.39 is 0 Å². The molecule has 2 amide bonds. The Morgan fingerprint density at radius 2 is 1.42 bits per heavy atom. The van der Waals surface area contributed by atoms with E-state index >= 15 is 0 Å². The van der Waals surface area contributed by atoms with Crippen LogP contribution < -0.4 is 10.6 Å². The maximum atomic E-state index is 12.2. The molecule has 0 saturated heterocycles. The van der Waals surface area contributed by atoms with Gasteiger partial charge >= 0.3 is 0 Å². The third-order valence-corrected chi connectivity index (χ3v) is 4.71. The maximum Gasteiger partial charge on any atom is 0.228 e. The molecule has 1 fully saturated rings. The van der Waals surface area contributed by atoms with Crippen LogP contribution in [0.2, 0.25) is 10.0 Å². The highest BCUT2D eigenvalue weighted by Gasteiger charge is 2.48. The van der Waals surface area contributed by atoms with Gasteiger partial charge in [0.15, 0.2) is 0 Å². The fourth-order valence-corrected chi connectivity index (χ4v) is 2.75. The Morgan fingerprint density at radius 1 is 0.875 bits per heavy atom. The minimum absolute atomic E-state index is 0.131. The molecule has 1 saturated carbocycles. The molecule has 2 atom stereocenters. The lowest BCUT2D eigenvalue weighted by Crippen LogP contribution is -2.20. The van der Waals surface area contributed by atoms with E-state index in [9.17, 15) is 9.59 Å². The number of nitrogens with one attached hydrogen (secondary N) is 2. The van der Waals surface area contributed by atoms with Gasteiger partial charge in [-0.2, -0.15) is 0 Å². The molecular formula is C18H16Cl2N2O2. The molecule has 24 heavy (non-hydrogen) atoms. The Hall–Kier alpha value is -2.04. The van der Waals surface area contributed by atoms with Crippen LogP contribution in [0.4, 0.5) is 11.4 Å². The molecule has 2 aromatic rings. The van der Waals surface area contributed by atoms with Crippen molar-refractivity contribution in [3.8, 4) is 0 Å². The Bertz CT molecular complexity index is 790. The number of hydrogen-bond acceptors (Lipinski definition) is 2. The van der Waals surface area contributed by atoms with Gasteiger partial charge in [-0.25, -0.2) is 0 Å². The van der Waals surface area contributed by atoms with Crippen LogP contribution in [-0.2, 0) is 9.59 Å². The highest BCUT2D eigenvalue weighted by Crippen LogP contribution is 2.40. The standard InChI is InChI=1S/C18H16Cl2N2O2/c1-10-2-4-11(5-3-10)21-17(23)13-9-14(13)18(24)22-12-6-7-15(19)16(20)8-12/h2-8,13-14H,9H2,1H3,(H,21,23)(H,22,24). The molecule has 0 spiro atoms. The number of anilines is 2. The molecule has 1 aliphatic carbocycles. The first-order valence-corrected chi connectivity index (χ1v) is 8.33. The van der Waals surface area contributed by atoms with Crippen LogP contribution in [0.15, 0.2) is 42.5 Å². The Kier molecular flexibility index (Phi) is 4.78. The van der Waals surface area contributed by atoms with Crippen LogP contribution in [0.3, 0.4) is 0 Å². The Labute approximate surface area is 150 Å². The van der Waals surface area contributed by atoms with E-state index in [1.807, 2.05) is 31.2 Å². The highest BCUT2D eigenvalue weighted by atomic mass is 35.5. The second-order valence-electron chi connectivity index (χ2n) is 5.92. The summed E-state index contributed by atoms with van der Waals surface area (Å²) in [6.45, 7) is 1.98. The Balaban J connectivity index is 1.55. The molecule has 0 aliphatic heterocycles. The molecule has 6 heteroatoms. The van der Waals surface area contributed by atoms with Gasteiger partial charge in [0.25, 0.3) is 0 Å². The lowest BCUT2D eigenvalue weighted by molar-refractivity contribution is -0.122. The predicted octanol–water partition coefficient (Wildman–Crippen LogP) is 4.52. The van der Waals surface area contributed by atoms with Crippen molar-refractivity contribution in [2.45, 2.75) is 13.3 Å². The molecule has 3 rings (SSSR count). The lowest BCUT2D eigenvalue weighted by atomic mass is 10.2. The first-order chi connectivity index (χ1) is 11.4. The summed E-state index contributed by atoms with van der Waals surface area (Å²) in [6, 6.07) is 12.4. The van der Waals surface area contributed by atoms with Crippen molar-refractivity contribution < 1.29 is 9.59 Å². The Morgan fingerprint density at radius 3 is 2.00 bits per heavy atom. The average molecular weight is 363 g/mol. The van der Waals surface area contributed by atoms with Crippen molar-refractivity contribution in [1.29, 1.82) is 0 Å². The number of amides is 2. The monoisotopic (exact) mass is 362 g/mol. The van der Waals surface area contributed by atoms with E-state index in [4.69, 9.17) is 23.2 Å². The van der Waals surface area contributed by atoms with E-state index in [0.29, 0.717) is 22.2 Å². The number of halogens is 2. The highest BCUT2D eigenvalue weighted by molar-refractivity contribution is 6.42. The minimum Gasteiger partial charge on any atom is -0.326 e. The van der Waals surface area contributed by atoms with E-state index in [1.165, 1.54) is 0 Å². The lowest BCUT2D eigenvalue weighted by Gasteiger charge is -2.07. The fraction of sp³-hybridized carbons (Fsp3) is 0.222. The minimum atomic E-state index is -0.315. The van der Waals surface area contributed by atoms with Crippen LogP contribution in [0.5, 0.6) is 0 Å². The quantitative estimate of drug-likeness (QED) is 0.839. The van der Waals surface area contributed by atoms with Gasteiger partial charge in [-0.15, -0.1) is 0 Å². The zero-order chi connectivity index (χ0) is 17.3.